The van der Waals surface area contributed by atoms with Gasteiger partial charge in [-0.3, -0.25) is 0 Å². The minimum Gasteiger partial charge on any atom is -0.435 e. The van der Waals surface area contributed by atoms with Crippen LogP contribution in [0.15, 0.2) is 78.6 Å². The minimum atomic E-state index is -3.04. The predicted molar refractivity (Wildman–Crippen MR) is 125 cm³/mol. The van der Waals surface area contributed by atoms with Gasteiger partial charge in [0, 0.05) is 12.1 Å². The van der Waals surface area contributed by atoms with Crippen molar-refractivity contribution in [3.63, 3.8) is 0 Å². The number of halogens is 4. The maximum atomic E-state index is 13.0. The molecule has 2 N–H and O–H groups in total. The lowest BCUT2D eigenvalue weighted by molar-refractivity contribution is -0.110. The monoisotopic (exact) mass is 479 g/mol. The van der Waals surface area contributed by atoms with Crippen LogP contribution in [0.5, 0.6) is 0 Å². The molecule has 184 valence electrons. The topological polar surface area (TPSA) is 58.6 Å². The van der Waals surface area contributed by atoms with E-state index in [4.69, 9.17) is 9.90 Å². The summed E-state index contributed by atoms with van der Waals surface area (Å²) in [6.07, 6.45) is 1.32. The van der Waals surface area contributed by atoms with Gasteiger partial charge >= 0.3 is 6.61 Å². The lowest BCUT2D eigenvalue weighted by Crippen LogP contribution is -2.04. The molecule has 2 aromatic carbocycles. The molecule has 4 nitrogen and oxygen atoms in total. The SMILES string of the molecule is C=C(/C=C\C(OC(F)F)=C(/C)c1cccc(C(F)F)c1)Cc1ccc(CNC)cc1.O=CCO. The fourth-order valence-corrected chi connectivity index (χ4v) is 2.89. The number of aliphatic hydroxyl groups is 1. The zero-order chi connectivity index (χ0) is 25.5. The molecular weight excluding hydrogens is 450 g/mol. The van der Waals surface area contributed by atoms with Crippen molar-refractivity contribution in [1.29, 1.82) is 0 Å². The third kappa shape index (κ3) is 10.6. The molecule has 0 aliphatic heterocycles. The van der Waals surface area contributed by atoms with E-state index in [9.17, 15) is 17.6 Å². The lowest BCUT2D eigenvalue weighted by Gasteiger charge is -2.12. The van der Waals surface area contributed by atoms with Crippen LogP contribution in [0.25, 0.3) is 5.57 Å². The van der Waals surface area contributed by atoms with E-state index < -0.39 is 13.0 Å². The molecule has 0 aromatic heterocycles. The second-order valence-electron chi connectivity index (χ2n) is 7.16. The van der Waals surface area contributed by atoms with Crippen LogP contribution >= 0.6 is 0 Å². The quantitative estimate of drug-likeness (QED) is 0.184. The number of ether oxygens (including phenoxy) is 1. The first-order chi connectivity index (χ1) is 16.2. The smallest absolute Gasteiger partial charge is 0.387 e. The van der Waals surface area contributed by atoms with Crippen molar-refractivity contribution in [1.82, 2.24) is 5.32 Å². The van der Waals surface area contributed by atoms with Crippen molar-refractivity contribution in [2.45, 2.75) is 32.9 Å². The summed E-state index contributed by atoms with van der Waals surface area (Å²) >= 11 is 0. The van der Waals surface area contributed by atoms with Crippen molar-refractivity contribution in [2.75, 3.05) is 13.7 Å². The number of alkyl halides is 4. The van der Waals surface area contributed by atoms with Gasteiger partial charge in [-0.15, -0.1) is 0 Å². The van der Waals surface area contributed by atoms with E-state index in [1.807, 2.05) is 31.3 Å². The van der Waals surface area contributed by atoms with Gasteiger partial charge in [-0.05, 0) is 54.8 Å². The molecule has 0 bridgehead atoms. The third-order valence-electron chi connectivity index (χ3n) is 4.54. The summed E-state index contributed by atoms with van der Waals surface area (Å²) in [4.78, 5) is 8.92. The normalized spacial score (nSPS) is 11.8. The number of hydrogen-bond acceptors (Lipinski definition) is 4. The van der Waals surface area contributed by atoms with Gasteiger partial charge in [0.2, 0.25) is 0 Å². The van der Waals surface area contributed by atoms with E-state index in [1.165, 1.54) is 24.3 Å². The van der Waals surface area contributed by atoms with E-state index in [0.717, 1.165) is 17.7 Å². The Morgan fingerprint density at radius 3 is 2.24 bits per heavy atom. The molecule has 0 fully saturated rings. The Kier molecular flexibility index (Phi) is 13.2. The number of carbonyl (C=O) groups excluding carboxylic acids is 1. The Morgan fingerprint density at radius 1 is 1.09 bits per heavy atom. The molecule has 0 aliphatic rings. The molecular formula is C26H29F4NO3. The second kappa shape index (κ2) is 15.6. The van der Waals surface area contributed by atoms with E-state index >= 15 is 0 Å². The number of hydrogen-bond donors (Lipinski definition) is 2. The Hall–Kier alpha value is -3.23. The number of rotatable bonds is 11. The molecule has 0 unspecified atom stereocenters. The summed E-state index contributed by atoms with van der Waals surface area (Å²) in [7, 11) is 1.87. The maximum Gasteiger partial charge on any atom is 0.387 e. The van der Waals surface area contributed by atoms with Gasteiger partial charge in [0.05, 0.1) is 6.61 Å². The van der Waals surface area contributed by atoms with Crippen molar-refractivity contribution in [3.8, 4) is 0 Å². The highest BCUT2D eigenvalue weighted by Crippen LogP contribution is 2.27. The average Bonchev–Trinajstić information content (AvgIpc) is 2.82. The standard InChI is InChI=1S/C24H25F4NO.C2H4O2/c1-16(13-18-8-10-19(11-9-18)15-29-3)7-12-22(30-24(27)28)17(2)20-5-4-6-21(14-20)23(25)26;3-1-2-4/h4-12,14,23-24,29H,1,13,15H2,2-3H3;1,4H,2H2/b12-7-,22-17-;. The van der Waals surface area contributed by atoms with Gasteiger partial charge in [-0.1, -0.05) is 60.7 Å². The zero-order valence-corrected chi connectivity index (χ0v) is 19.1. The first-order valence-electron chi connectivity index (χ1n) is 10.4. The molecule has 0 amide bonds. The summed E-state index contributed by atoms with van der Waals surface area (Å²) in [5, 5.41) is 10.6. The Morgan fingerprint density at radius 2 is 1.71 bits per heavy atom. The van der Waals surface area contributed by atoms with Gasteiger partial charge in [0.1, 0.15) is 12.0 Å². The van der Waals surface area contributed by atoms with Crippen LogP contribution in [0.3, 0.4) is 0 Å². The molecule has 0 atom stereocenters. The number of allylic oxidation sites excluding steroid dienone is 4. The Labute approximate surface area is 197 Å². The molecule has 2 rings (SSSR count). The van der Waals surface area contributed by atoms with Crippen molar-refractivity contribution in [2.24, 2.45) is 0 Å². The Bertz CT molecular complexity index is 970. The highest BCUT2D eigenvalue weighted by molar-refractivity contribution is 5.68. The van der Waals surface area contributed by atoms with Crippen molar-refractivity contribution < 1.29 is 32.2 Å². The van der Waals surface area contributed by atoms with Crippen LogP contribution < -0.4 is 5.32 Å². The van der Waals surface area contributed by atoms with Crippen LogP contribution in [0.2, 0.25) is 0 Å². The first kappa shape index (κ1) is 28.8. The summed E-state index contributed by atoms with van der Waals surface area (Å²) in [5.74, 6) is -0.0954. The summed E-state index contributed by atoms with van der Waals surface area (Å²) in [5.41, 5.74) is 3.42. The number of benzene rings is 2. The maximum absolute atomic E-state index is 13.0. The molecule has 0 aliphatic carbocycles. The fourth-order valence-electron chi connectivity index (χ4n) is 2.89. The zero-order valence-electron chi connectivity index (χ0n) is 19.1. The number of aldehydes is 1. The molecule has 0 radical (unpaired) electrons. The van der Waals surface area contributed by atoms with Crippen LogP contribution in [0.4, 0.5) is 17.6 Å². The van der Waals surface area contributed by atoms with E-state index in [1.54, 1.807) is 19.1 Å². The lowest BCUT2D eigenvalue weighted by atomic mass is 10.0. The highest BCUT2D eigenvalue weighted by Gasteiger charge is 2.13. The van der Waals surface area contributed by atoms with Crippen LogP contribution in [-0.2, 0) is 22.5 Å². The third-order valence-corrected chi connectivity index (χ3v) is 4.54. The summed E-state index contributed by atoms with van der Waals surface area (Å²) < 4.78 is 56.3. The van der Waals surface area contributed by atoms with E-state index in [2.05, 4.69) is 16.6 Å². The average molecular weight is 480 g/mol. The Balaban J connectivity index is 0.00000133. The van der Waals surface area contributed by atoms with Crippen molar-refractivity contribution in [3.05, 3.63) is 101 Å². The van der Waals surface area contributed by atoms with Crippen LogP contribution in [0, 0.1) is 0 Å². The molecule has 8 heteroatoms. The molecule has 0 spiro atoms. The van der Waals surface area contributed by atoms with Crippen LogP contribution in [-0.4, -0.2) is 31.7 Å². The number of carbonyl (C=O) groups is 1. The summed E-state index contributed by atoms with van der Waals surface area (Å²) in [6.45, 7) is 2.89. The van der Waals surface area contributed by atoms with E-state index in [-0.39, 0.29) is 17.9 Å². The molecule has 0 saturated carbocycles. The highest BCUT2D eigenvalue weighted by atomic mass is 19.3. The number of aliphatic hydroxyl groups excluding tert-OH is 1. The fraction of sp³-hybridized carbons (Fsp3) is 0.269. The van der Waals surface area contributed by atoms with E-state index in [0.29, 0.717) is 29.4 Å². The predicted octanol–water partition coefficient (Wildman–Crippen LogP) is 5.85. The molecule has 2 aromatic rings. The van der Waals surface area contributed by atoms with Gasteiger partial charge in [-0.25, -0.2) is 8.78 Å². The minimum absolute atomic E-state index is 0.0954. The van der Waals surface area contributed by atoms with Gasteiger partial charge in [0.25, 0.3) is 6.43 Å². The second-order valence-corrected chi connectivity index (χ2v) is 7.16. The number of nitrogens with one attached hydrogen (secondary N) is 1. The largest absolute Gasteiger partial charge is 0.435 e. The van der Waals surface area contributed by atoms with Crippen LogP contribution in [0.1, 0.15) is 35.6 Å². The molecule has 0 saturated heterocycles. The van der Waals surface area contributed by atoms with Crippen molar-refractivity contribution >= 4 is 11.9 Å². The van der Waals surface area contributed by atoms with Gasteiger partial charge in [0.15, 0.2) is 0 Å². The first-order valence-corrected chi connectivity index (χ1v) is 10.4. The molecule has 34 heavy (non-hydrogen) atoms. The molecule has 0 heterocycles. The summed E-state index contributed by atoms with van der Waals surface area (Å²) in [6, 6.07) is 13.6. The van der Waals surface area contributed by atoms with Gasteiger partial charge in [-0.2, -0.15) is 8.78 Å². The van der Waals surface area contributed by atoms with Gasteiger partial charge < -0.3 is 20.0 Å².